The summed E-state index contributed by atoms with van der Waals surface area (Å²) in [6.07, 6.45) is 0. The van der Waals surface area contributed by atoms with Crippen molar-refractivity contribution in [3.05, 3.63) is 33.9 Å². The molecule has 1 aromatic rings. The van der Waals surface area contributed by atoms with E-state index in [2.05, 4.69) is 0 Å². The van der Waals surface area contributed by atoms with Gasteiger partial charge in [-0.3, -0.25) is 14.9 Å². The lowest BCUT2D eigenvalue weighted by molar-refractivity contribution is -0.385. The maximum Gasteiger partial charge on any atom is 0.311 e. The molecule has 0 amide bonds. The van der Waals surface area contributed by atoms with Gasteiger partial charge in [0.05, 0.1) is 4.92 Å². The third kappa shape index (κ3) is 2.24. The maximum atomic E-state index is 11.0. The fourth-order valence-electron chi connectivity index (χ4n) is 1.12. The molecular weight excluding hydrogens is 222 g/mol. The Hall–Kier alpha value is -1.62. The second kappa shape index (κ2) is 4.27. The monoisotopic (exact) mass is 229 g/mol. The summed E-state index contributed by atoms with van der Waals surface area (Å²) < 4.78 is 0. The van der Waals surface area contributed by atoms with Crippen molar-refractivity contribution in [3.8, 4) is 5.75 Å². The molecule has 1 unspecified atom stereocenters. The van der Waals surface area contributed by atoms with E-state index in [-0.39, 0.29) is 11.3 Å². The van der Waals surface area contributed by atoms with Gasteiger partial charge in [-0.05, 0) is 6.92 Å². The quantitative estimate of drug-likeness (QED) is 0.489. The van der Waals surface area contributed by atoms with Gasteiger partial charge >= 0.3 is 5.69 Å². The zero-order valence-corrected chi connectivity index (χ0v) is 8.56. The predicted molar refractivity (Wildman–Crippen MR) is 54.0 cm³/mol. The van der Waals surface area contributed by atoms with Crippen LogP contribution in [0.15, 0.2) is 18.2 Å². The number of alkyl halides is 1. The summed E-state index contributed by atoms with van der Waals surface area (Å²) in [6.45, 7) is 1.25. The van der Waals surface area contributed by atoms with Gasteiger partial charge in [-0.15, -0.1) is 11.6 Å². The number of ketones is 1. The number of rotatable bonds is 3. The van der Waals surface area contributed by atoms with Crippen LogP contribution >= 0.6 is 11.6 Å². The molecule has 0 heterocycles. The number of halogens is 1. The van der Waals surface area contributed by atoms with Crippen molar-refractivity contribution in [2.75, 3.05) is 0 Å². The van der Waals surface area contributed by atoms with Gasteiger partial charge in [-0.25, -0.2) is 0 Å². The number of nitro benzene ring substituents is 1. The van der Waals surface area contributed by atoms with Crippen LogP contribution in [0.3, 0.4) is 0 Å². The number of phenols is 1. The van der Waals surface area contributed by atoms with Crippen molar-refractivity contribution in [1.82, 2.24) is 0 Å². The Morgan fingerprint density at radius 3 is 2.67 bits per heavy atom. The summed E-state index contributed by atoms with van der Waals surface area (Å²) in [7, 11) is 0. The largest absolute Gasteiger partial charge is 0.502 e. The minimum Gasteiger partial charge on any atom is -0.502 e. The third-order valence-electron chi connectivity index (χ3n) is 1.87. The SMILES string of the molecule is CC(=O)C(Cl)c1cccc([N+](=O)[O-])c1O. The van der Waals surface area contributed by atoms with E-state index in [0.717, 1.165) is 6.07 Å². The molecule has 0 fully saturated rings. The van der Waals surface area contributed by atoms with Gasteiger partial charge in [0.15, 0.2) is 11.5 Å². The first-order chi connectivity index (χ1) is 6.95. The molecule has 15 heavy (non-hydrogen) atoms. The van der Waals surface area contributed by atoms with Crippen LogP contribution in [0.5, 0.6) is 5.75 Å². The van der Waals surface area contributed by atoms with Gasteiger partial charge in [0.2, 0.25) is 0 Å². The molecule has 0 aliphatic carbocycles. The Bertz CT molecular complexity index is 419. The van der Waals surface area contributed by atoms with Crippen molar-refractivity contribution >= 4 is 23.1 Å². The fraction of sp³-hybridized carbons (Fsp3) is 0.222. The van der Waals surface area contributed by atoms with E-state index in [1.54, 1.807) is 0 Å². The molecule has 0 saturated carbocycles. The van der Waals surface area contributed by atoms with E-state index < -0.39 is 21.7 Å². The molecule has 0 aliphatic heterocycles. The van der Waals surface area contributed by atoms with Crippen LogP contribution in [0.25, 0.3) is 0 Å². The van der Waals surface area contributed by atoms with Crippen molar-refractivity contribution in [1.29, 1.82) is 0 Å². The highest BCUT2D eigenvalue weighted by atomic mass is 35.5. The van der Waals surface area contributed by atoms with Crippen molar-refractivity contribution in [3.63, 3.8) is 0 Å². The van der Waals surface area contributed by atoms with E-state index in [9.17, 15) is 20.0 Å². The first-order valence-corrected chi connectivity index (χ1v) is 4.49. The lowest BCUT2D eigenvalue weighted by atomic mass is 10.1. The molecular formula is C9H8ClNO4. The second-order valence-electron chi connectivity index (χ2n) is 2.95. The van der Waals surface area contributed by atoms with E-state index >= 15 is 0 Å². The minimum atomic E-state index is -1.06. The van der Waals surface area contributed by atoms with Gasteiger partial charge in [-0.2, -0.15) is 0 Å². The molecule has 6 heteroatoms. The Labute approximate surface area is 90.4 Å². The molecule has 1 aromatic carbocycles. The third-order valence-corrected chi connectivity index (χ3v) is 2.41. The lowest BCUT2D eigenvalue weighted by Gasteiger charge is -2.07. The van der Waals surface area contributed by atoms with Crippen molar-refractivity contribution in [2.45, 2.75) is 12.3 Å². The number of hydrogen-bond donors (Lipinski definition) is 1. The van der Waals surface area contributed by atoms with Crippen LogP contribution in [0.4, 0.5) is 5.69 Å². The Balaban J connectivity index is 3.26. The van der Waals surface area contributed by atoms with E-state index in [0.29, 0.717) is 0 Å². The molecule has 0 spiro atoms. The Morgan fingerprint density at radius 2 is 2.20 bits per heavy atom. The fourth-order valence-corrected chi connectivity index (χ4v) is 1.30. The standard InChI is InChI=1S/C9H8ClNO4/c1-5(12)8(10)6-3-2-4-7(9(6)13)11(14)15/h2-4,8,13H,1H3. The van der Waals surface area contributed by atoms with Crippen LogP contribution in [0.2, 0.25) is 0 Å². The second-order valence-corrected chi connectivity index (χ2v) is 3.38. The van der Waals surface area contributed by atoms with E-state index in [4.69, 9.17) is 11.6 Å². The number of aromatic hydroxyl groups is 1. The van der Waals surface area contributed by atoms with Crippen molar-refractivity contribution < 1.29 is 14.8 Å². The number of para-hydroxylation sites is 1. The summed E-state index contributed by atoms with van der Waals surface area (Å²) >= 11 is 5.69. The molecule has 0 radical (unpaired) electrons. The summed E-state index contributed by atoms with van der Waals surface area (Å²) in [5.74, 6) is -0.940. The van der Waals surface area contributed by atoms with Crippen molar-refractivity contribution in [2.24, 2.45) is 0 Å². The number of carbonyl (C=O) groups excluding carboxylic acids is 1. The molecule has 0 bridgehead atoms. The van der Waals surface area contributed by atoms with Crippen LogP contribution in [-0.4, -0.2) is 15.8 Å². The summed E-state index contributed by atoms with van der Waals surface area (Å²) in [5, 5.41) is 18.9. The van der Waals surface area contributed by atoms with Gasteiger partial charge in [0.25, 0.3) is 0 Å². The highest BCUT2D eigenvalue weighted by molar-refractivity contribution is 6.31. The predicted octanol–water partition coefficient (Wildman–Crippen LogP) is 2.17. The Morgan fingerprint density at radius 1 is 1.60 bits per heavy atom. The van der Waals surface area contributed by atoms with Gasteiger partial charge in [-0.1, -0.05) is 12.1 Å². The number of benzene rings is 1. The number of phenolic OH excluding ortho intramolecular Hbond substituents is 1. The van der Waals surface area contributed by atoms with Crippen LogP contribution in [0.1, 0.15) is 17.9 Å². The minimum absolute atomic E-state index is 0.0540. The Kier molecular flexibility index (Phi) is 3.26. The number of carbonyl (C=O) groups is 1. The first kappa shape index (κ1) is 11.5. The summed E-state index contributed by atoms with van der Waals surface area (Å²) in [5.41, 5.74) is -0.405. The lowest BCUT2D eigenvalue weighted by Crippen LogP contribution is -2.02. The number of nitro groups is 1. The number of hydrogen-bond acceptors (Lipinski definition) is 4. The van der Waals surface area contributed by atoms with Crippen LogP contribution < -0.4 is 0 Å². The van der Waals surface area contributed by atoms with Crippen LogP contribution in [0, 0.1) is 10.1 Å². The number of Topliss-reactive ketones (excluding diaryl/α,β-unsaturated/α-hetero) is 1. The normalized spacial score (nSPS) is 12.1. The molecule has 1 rings (SSSR count). The summed E-state index contributed by atoms with van der Waals surface area (Å²) in [6, 6.07) is 3.88. The molecule has 80 valence electrons. The average Bonchev–Trinajstić information content (AvgIpc) is 2.16. The molecule has 5 nitrogen and oxygen atoms in total. The molecule has 0 aliphatic rings. The van der Waals surface area contributed by atoms with E-state index in [1.807, 2.05) is 0 Å². The molecule has 0 aromatic heterocycles. The maximum absolute atomic E-state index is 11.0. The average molecular weight is 230 g/mol. The number of nitrogens with zero attached hydrogens (tertiary/aromatic N) is 1. The zero-order chi connectivity index (χ0) is 11.6. The molecule has 1 atom stereocenters. The van der Waals surface area contributed by atoms with Gasteiger partial charge in [0, 0.05) is 11.6 Å². The van der Waals surface area contributed by atoms with Gasteiger partial charge < -0.3 is 5.11 Å². The topological polar surface area (TPSA) is 80.4 Å². The van der Waals surface area contributed by atoms with E-state index in [1.165, 1.54) is 19.1 Å². The highest BCUT2D eigenvalue weighted by Gasteiger charge is 2.23. The first-order valence-electron chi connectivity index (χ1n) is 4.06. The van der Waals surface area contributed by atoms with Crippen LogP contribution in [-0.2, 0) is 4.79 Å². The highest BCUT2D eigenvalue weighted by Crippen LogP contribution is 2.36. The molecule has 1 N–H and O–H groups in total. The smallest absolute Gasteiger partial charge is 0.311 e. The molecule has 0 saturated heterocycles. The summed E-state index contributed by atoms with van der Waals surface area (Å²) in [4.78, 5) is 20.7. The van der Waals surface area contributed by atoms with Gasteiger partial charge in [0.1, 0.15) is 5.38 Å². The zero-order valence-electron chi connectivity index (χ0n) is 7.81.